The quantitative estimate of drug-likeness (QED) is 0.313. The Morgan fingerprint density at radius 2 is 1.84 bits per heavy atom. The molecule has 3 heterocycles. The maximum Gasteiger partial charge on any atom is 0.417 e. The fraction of sp³-hybridized carbons (Fsp3) is 0.385. The van der Waals surface area contributed by atoms with Crippen LogP contribution in [0.4, 0.5) is 13.2 Å². The molecule has 1 fully saturated rings. The van der Waals surface area contributed by atoms with E-state index in [1.807, 2.05) is 25.1 Å². The van der Waals surface area contributed by atoms with Gasteiger partial charge in [-0.1, -0.05) is 23.4 Å². The van der Waals surface area contributed by atoms with E-state index < -0.39 is 18.0 Å². The lowest BCUT2D eigenvalue weighted by atomic mass is 10.0. The summed E-state index contributed by atoms with van der Waals surface area (Å²) in [7, 11) is 0. The van der Waals surface area contributed by atoms with Crippen molar-refractivity contribution in [2.24, 2.45) is 0 Å². The van der Waals surface area contributed by atoms with Gasteiger partial charge in [0.05, 0.1) is 26.5 Å². The summed E-state index contributed by atoms with van der Waals surface area (Å²) in [6.07, 6.45) is -4.91. The average molecular weight is 533 g/mol. The van der Waals surface area contributed by atoms with E-state index in [4.69, 9.17) is 9.26 Å². The molecule has 196 valence electrons. The van der Waals surface area contributed by atoms with Crippen molar-refractivity contribution in [2.75, 3.05) is 32.7 Å². The minimum Gasteiger partial charge on any atom is -0.465 e. The normalized spacial score (nSPS) is 16.4. The lowest BCUT2D eigenvalue weighted by Crippen LogP contribution is -2.46. The summed E-state index contributed by atoms with van der Waals surface area (Å²) in [5.74, 6) is 0.708. The number of rotatable bonds is 8. The maximum absolute atomic E-state index is 13.3. The Kier molecular flexibility index (Phi) is 7.47. The Morgan fingerprint density at radius 1 is 1.08 bits per heavy atom. The SMILES string of the molecule is Cc1nc2cc(OC(O)CCN3CCN(Cc4cc(-c5ccccc5C(F)(F)F)on4)CC3)ccc2s1. The third kappa shape index (κ3) is 6.30. The molecule has 0 radical (unpaired) electrons. The van der Waals surface area contributed by atoms with Gasteiger partial charge in [-0.15, -0.1) is 11.3 Å². The van der Waals surface area contributed by atoms with Crippen LogP contribution in [0, 0.1) is 6.92 Å². The molecule has 7 nitrogen and oxygen atoms in total. The van der Waals surface area contributed by atoms with E-state index in [1.165, 1.54) is 12.1 Å². The Labute approximate surface area is 216 Å². The number of fused-ring (bicyclic) bond motifs is 1. The molecule has 1 N–H and O–H groups in total. The van der Waals surface area contributed by atoms with Gasteiger partial charge in [0.1, 0.15) is 5.75 Å². The number of hydrogen-bond donors (Lipinski definition) is 1. The molecule has 1 aliphatic rings. The number of aryl methyl sites for hydroxylation is 1. The van der Waals surface area contributed by atoms with Crippen LogP contribution in [0.25, 0.3) is 21.5 Å². The van der Waals surface area contributed by atoms with Gasteiger partial charge in [-0.3, -0.25) is 4.90 Å². The number of hydrogen-bond acceptors (Lipinski definition) is 8. The van der Waals surface area contributed by atoms with Crippen LogP contribution in [-0.4, -0.2) is 64.1 Å². The number of ether oxygens (including phenoxy) is 1. The van der Waals surface area contributed by atoms with Gasteiger partial charge in [0, 0.05) is 63.4 Å². The van der Waals surface area contributed by atoms with Crippen molar-refractivity contribution in [3.05, 3.63) is 64.8 Å². The first-order valence-electron chi connectivity index (χ1n) is 12.0. The molecule has 2 aromatic carbocycles. The van der Waals surface area contributed by atoms with Gasteiger partial charge < -0.3 is 19.3 Å². The molecular weight excluding hydrogens is 505 g/mol. The van der Waals surface area contributed by atoms with Crippen molar-refractivity contribution in [3.8, 4) is 17.1 Å². The molecule has 0 bridgehead atoms. The number of aromatic nitrogens is 2. The summed E-state index contributed by atoms with van der Waals surface area (Å²) < 4.78 is 52.0. The molecule has 2 aromatic heterocycles. The summed E-state index contributed by atoms with van der Waals surface area (Å²) in [6.45, 7) is 6.30. The molecule has 1 aliphatic heterocycles. The standard InChI is InChI=1S/C26H27F3N4O3S/c1-17-30-22-15-19(6-7-24(22)37-17)35-25(34)8-9-32-10-12-33(13-11-32)16-18-14-23(36-31-18)20-4-2-3-5-21(20)26(27,28)29/h2-7,14-15,25,34H,8-13,16H2,1H3. The van der Waals surface area contributed by atoms with Crippen molar-refractivity contribution >= 4 is 21.6 Å². The molecule has 1 atom stereocenters. The molecule has 1 saturated heterocycles. The second-order valence-electron chi connectivity index (χ2n) is 9.07. The number of alkyl halides is 3. The van der Waals surface area contributed by atoms with Crippen molar-refractivity contribution in [1.82, 2.24) is 19.9 Å². The van der Waals surface area contributed by atoms with Crippen molar-refractivity contribution in [1.29, 1.82) is 0 Å². The zero-order valence-electron chi connectivity index (χ0n) is 20.2. The fourth-order valence-electron chi connectivity index (χ4n) is 4.46. The second kappa shape index (κ2) is 10.8. The Hall–Kier alpha value is -2.99. The molecule has 11 heteroatoms. The minimum atomic E-state index is -4.47. The predicted octanol–water partition coefficient (Wildman–Crippen LogP) is 5.18. The lowest BCUT2D eigenvalue weighted by Gasteiger charge is -2.34. The monoisotopic (exact) mass is 532 g/mol. The highest BCUT2D eigenvalue weighted by Gasteiger charge is 2.34. The fourth-order valence-corrected chi connectivity index (χ4v) is 5.27. The van der Waals surface area contributed by atoms with E-state index in [1.54, 1.807) is 23.5 Å². The topological polar surface area (TPSA) is 74.9 Å². The number of halogens is 3. The molecule has 0 spiro atoms. The first-order chi connectivity index (χ1) is 17.7. The van der Waals surface area contributed by atoms with Crippen LogP contribution in [0.1, 0.15) is 22.7 Å². The zero-order chi connectivity index (χ0) is 26.0. The summed E-state index contributed by atoms with van der Waals surface area (Å²) in [5, 5.41) is 15.3. The third-order valence-electron chi connectivity index (χ3n) is 6.34. The van der Waals surface area contributed by atoms with Crippen molar-refractivity contribution < 1.29 is 27.5 Å². The largest absolute Gasteiger partial charge is 0.465 e. The number of nitrogens with zero attached hydrogens (tertiary/aromatic N) is 4. The first kappa shape index (κ1) is 25.7. The van der Waals surface area contributed by atoms with Crippen LogP contribution in [0.2, 0.25) is 0 Å². The number of aliphatic hydroxyl groups excluding tert-OH is 1. The Balaban J connectivity index is 1.08. The number of piperazine rings is 1. The molecule has 0 saturated carbocycles. The highest BCUT2D eigenvalue weighted by molar-refractivity contribution is 7.18. The number of benzene rings is 2. The molecular formula is C26H27F3N4O3S. The van der Waals surface area contributed by atoms with E-state index in [9.17, 15) is 18.3 Å². The zero-order valence-corrected chi connectivity index (χ0v) is 21.1. The van der Waals surface area contributed by atoms with E-state index in [2.05, 4.69) is 19.9 Å². The average Bonchev–Trinajstić information content (AvgIpc) is 3.48. The highest BCUT2D eigenvalue weighted by atomic mass is 32.1. The summed E-state index contributed by atoms with van der Waals surface area (Å²) in [4.78, 5) is 8.90. The number of thiazole rings is 1. The second-order valence-corrected chi connectivity index (χ2v) is 10.3. The van der Waals surface area contributed by atoms with Gasteiger partial charge in [-0.2, -0.15) is 13.2 Å². The molecule has 0 aliphatic carbocycles. The third-order valence-corrected chi connectivity index (χ3v) is 7.29. The Morgan fingerprint density at radius 3 is 2.62 bits per heavy atom. The van der Waals surface area contributed by atoms with Crippen LogP contribution in [0.5, 0.6) is 5.75 Å². The van der Waals surface area contributed by atoms with Crippen LogP contribution in [0.15, 0.2) is 53.1 Å². The van der Waals surface area contributed by atoms with Gasteiger partial charge >= 0.3 is 6.18 Å². The number of aliphatic hydroxyl groups is 1. The van der Waals surface area contributed by atoms with Crippen molar-refractivity contribution in [3.63, 3.8) is 0 Å². The highest BCUT2D eigenvalue weighted by Crippen LogP contribution is 2.37. The van der Waals surface area contributed by atoms with Gasteiger partial charge in [0.25, 0.3) is 0 Å². The van der Waals surface area contributed by atoms with E-state index in [0.29, 0.717) is 31.0 Å². The van der Waals surface area contributed by atoms with E-state index >= 15 is 0 Å². The van der Waals surface area contributed by atoms with E-state index in [-0.39, 0.29) is 11.3 Å². The summed E-state index contributed by atoms with van der Waals surface area (Å²) in [5.41, 5.74) is 0.709. The van der Waals surface area contributed by atoms with Crippen molar-refractivity contribution in [2.45, 2.75) is 32.4 Å². The van der Waals surface area contributed by atoms with Gasteiger partial charge in [0.15, 0.2) is 12.1 Å². The predicted molar refractivity (Wildman–Crippen MR) is 134 cm³/mol. The molecule has 5 rings (SSSR count). The van der Waals surface area contributed by atoms with Crippen LogP contribution in [-0.2, 0) is 12.7 Å². The van der Waals surface area contributed by atoms with E-state index in [0.717, 1.165) is 47.5 Å². The molecule has 37 heavy (non-hydrogen) atoms. The smallest absolute Gasteiger partial charge is 0.417 e. The van der Waals surface area contributed by atoms with Gasteiger partial charge in [0.2, 0.25) is 0 Å². The Bertz CT molecular complexity index is 1350. The first-order valence-corrected chi connectivity index (χ1v) is 12.8. The van der Waals surface area contributed by atoms with Crippen LogP contribution < -0.4 is 4.74 Å². The minimum absolute atomic E-state index is 0.0130. The maximum atomic E-state index is 13.3. The summed E-state index contributed by atoms with van der Waals surface area (Å²) in [6, 6.07) is 12.6. The molecule has 4 aromatic rings. The van der Waals surface area contributed by atoms with Crippen LogP contribution >= 0.6 is 11.3 Å². The molecule has 0 amide bonds. The van der Waals surface area contributed by atoms with Gasteiger partial charge in [-0.05, 0) is 25.1 Å². The van der Waals surface area contributed by atoms with Gasteiger partial charge in [-0.25, -0.2) is 4.98 Å². The van der Waals surface area contributed by atoms with Crippen LogP contribution in [0.3, 0.4) is 0 Å². The summed E-state index contributed by atoms with van der Waals surface area (Å²) >= 11 is 1.62. The molecule has 1 unspecified atom stereocenters. The lowest BCUT2D eigenvalue weighted by molar-refractivity contribution is -0.137.